The number of fused-ring (bicyclic) bond motifs is 5. The highest BCUT2D eigenvalue weighted by atomic mass is 19.1. The Morgan fingerprint density at radius 2 is 0.857 bits per heavy atom. The summed E-state index contributed by atoms with van der Waals surface area (Å²) in [6.45, 7) is 0. The van der Waals surface area contributed by atoms with Gasteiger partial charge in [-0.1, -0.05) is 133 Å². The van der Waals surface area contributed by atoms with Crippen molar-refractivity contribution in [3.8, 4) is 56.5 Å². The maximum atomic E-state index is 13.9. The molecule has 0 spiro atoms. The van der Waals surface area contributed by atoms with Crippen LogP contribution in [-0.2, 0) is 0 Å². The van der Waals surface area contributed by atoms with Crippen LogP contribution in [0.15, 0.2) is 164 Å². The van der Waals surface area contributed by atoms with Crippen LogP contribution in [0.2, 0.25) is 0 Å². The van der Waals surface area contributed by atoms with Crippen molar-refractivity contribution in [1.82, 2.24) is 19.9 Å². The Morgan fingerprint density at radius 1 is 0.347 bits per heavy atom. The second kappa shape index (κ2) is 11.9. The van der Waals surface area contributed by atoms with Crippen LogP contribution in [0.5, 0.6) is 0 Å². The Bertz CT molecular complexity index is 2580. The molecule has 0 atom stereocenters. The van der Waals surface area contributed by atoms with Gasteiger partial charge >= 0.3 is 0 Å². The fourth-order valence-electron chi connectivity index (χ4n) is 6.53. The van der Waals surface area contributed by atoms with E-state index in [0.29, 0.717) is 17.5 Å². The molecule has 5 heteroatoms. The largest absolute Gasteiger partial charge is 0.247 e. The highest BCUT2D eigenvalue weighted by Gasteiger charge is 2.15. The molecular weight excluding hydrogens is 604 g/mol. The quantitative estimate of drug-likeness (QED) is 0.178. The van der Waals surface area contributed by atoms with Gasteiger partial charge in [0, 0.05) is 38.4 Å². The monoisotopic (exact) mass is 630 g/mol. The lowest BCUT2D eigenvalue weighted by Crippen LogP contribution is -2.00. The molecule has 9 aromatic rings. The van der Waals surface area contributed by atoms with Gasteiger partial charge in [0.2, 0.25) is 0 Å². The van der Waals surface area contributed by atoms with Gasteiger partial charge in [0.25, 0.3) is 0 Å². The van der Waals surface area contributed by atoms with Crippen LogP contribution in [0.1, 0.15) is 0 Å². The first-order valence-electron chi connectivity index (χ1n) is 16.2. The van der Waals surface area contributed by atoms with E-state index in [2.05, 4.69) is 78.9 Å². The van der Waals surface area contributed by atoms with E-state index in [1.54, 1.807) is 12.1 Å². The van der Waals surface area contributed by atoms with Gasteiger partial charge in [0.05, 0.1) is 11.2 Å². The number of halogens is 1. The van der Waals surface area contributed by atoms with Gasteiger partial charge in [0.15, 0.2) is 17.5 Å². The van der Waals surface area contributed by atoms with Gasteiger partial charge in [-0.2, -0.15) is 0 Å². The molecule has 0 radical (unpaired) electrons. The molecule has 9 rings (SSSR count). The van der Waals surface area contributed by atoms with Crippen molar-refractivity contribution in [2.45, 2.75) is 0 Å². The first kappa shape index (κ1) is 28.6. The maximum Gasteiger partial charge on any atom is 0.164 e. The van der Waals surface area contributed by atoms with Gasteiger partial charge in [0.1, 0.15) is 5.82 Å². The van der Waals surface area contributed by atoms with Crippen molar-refractivity contribution < 1.29 is 4.39 Å². The van der Waals surface area contributed by atoms with Crippen LogP contribution in [0.25, 0.3) is 89.0 Å². The lowest BCUT2D eigenvalue weighted by molar-refractivity contribution is 0.628. The zero-order valence-electron chi connectivity index (χ0n) is 26.3. The van der Waals surface area contributed by atoms with Crippen molar-refractivity contribution in [3.05, 3.63) is 170 Å². The van der Waals surface area contributed by atoms with Crippen molar-refractivity contribution in [2.24, 2.45) is 0 Å². The molecule has 0 unspecified atom stereocenters. The van der Waals surface area contributed by atoms with Gasteiger partial charge < -0.3 is 0 Å². The van der Waals surface area contributed by atoms with Crippen LogP contribution >= 0.6 is 0 Å². The van der Waals surface area contributed by atoms with E-state index >= 15 is 0 Å². The molecule has 0 bridgehead atoms. The second-order valence-electron chi connectivity index (χ2n) is 12.0. The Kier molecular flexibility index (Phi) is 6.95. The molecule has 0 aliphatic rings. The van der Waals surface area contributed by atoms with Crippen molar-refractivity contribution in [3.63, 3.8) is 0 Å². The minimum atomic E-state index is -0.269. The number of aromatic nitrogens is 4. The van der Waals surface area contributed by atoms with E-state index in [9.17, 15) is 4.39 Å². The van der Waals surface area contributed by atoms with Crippen molar-refractivity contribution >= 4 is 32.4 Å². The Balaban J connectivity index is 1.16. The van der Waals surface area contributed by atoms with Gasteiger partial charge in [-0.15, -0.1) is 0 Å². The third-order valence-corrected chi connectivity index (χ3v) is 8.98. The zero-order valence-corrected chi connectivity index (χ0v) is 26.3. The van der Waals surface area contributed by atoms with Gasteiger partial charge in [-0.05, 0) is 52.2 Å². The number of pyridine rings is 1. The fourth-order valence-corrected chi connectivity index (χ4v) is 6.53. The summed E-state index contributed by atoms with van der Waals surface area (Å²) in [7, 11) is 0. The lowest BCUT2D eigenvalue weighted by Gasteiger charge is -2.14. The second-order valence-corrected chi connectivity index (χ2v) is 12.0. The average molecular weight is 631 g/mol. The lowest BCUT2D eigenvalue weighted by atomic mass is 9.94. The standard InChI is InChI=1S/C44H27FN4/c45-35-23-19-30(20-24-35)41-38-26-21-29-9-7-8-14-36(29)40(38)37-25-22-34(27-39(37)46-41)28-15-17-33(18-16-28)44-48-42(31-10-3-1-4-11-31)47-43(49-44)32-12-5-2-6-13-32/h1-27H. The molecule has 49 heavy (non-hydrogen) atoms. The topological polar surface area (TPSA) is 51.6 Å². The van der Waals surface area contributed by atoms with Gasteiger partial charge in [-0.25, -0.2) is 24.3 Å². The summed E-state index contributed by atoms with van der Waals surface area (Å²) in [5.41, 5.74) is 7.45. The molecule has 4 nitrogen and oxygen atoms in total. The molecule has 230 valence electrons. The third kappa shape index (κ3) is 5.28. The van der Waals surface area contributed by atoms with E-state index in [-0.39, 0.29) is 5.82 Å². The molecule has 2 heterocycles. The predicted octanol–water partition coefficient (Wildman–Crippen LogP) is 11.2. The number of hydrogen-bond donors (Lipinski definition) is 0. The summed E-state index contributed by atoms with van der Waals surface area (Å²) in [5.74, 6) is 1.60. The van der Waals surface area contributed by atoms with Crippen molar-refractivity contribution in [1.29, 1.82) is 0 Å². The summed E-state index contributed by atoms with van der Waals surface area (Å²) >= 11 is 0. The van der Waals surface area contributed by atoms with E-state index in [1.165, 1.54) is 12.1 Å². The highest BCUT2D eigenvalue weighted by molar-refractivity contribution is 6.22. The summed E-state index contributed by atoms with van der Waals surface area (Å²) < 4.78 is 13.9. The summed E-state index contributed by atoms with van der Waals surface area (Å²) in [6, 6.07) is 54.0. The number of hydrogen-bond acceptors (Lipinski definition) is 4. The van der Waals surface area contributed by atoms with Crippen LogP contribution in [0.4, 0.5) is 4.39 Å². The third-order valence-electron chi connectivity index (χ3n) is 8.98. The van der Waals surface area contributed by atoms with E-state index in [0.717, 1.165) is 71.5 Å². The van der Waals surface area contributed by atoms with E-state index in [4.69, 9.17) is 19.9 Å². The molecule has 0 amide bonds. The molecule has 0 aliphatic carbocycles. The first-order chi connectivity index (χ1) is 24.2. The molecule has 0 fully saturated rings. The minimum Gasteiger partial charge on any atom is -0.247 e. The summed E-state index contributed by atoms with van der Waals surface area (Å²) in [5, 5.41) is 5.58. The number of benzene rings is 7. The van der Waals surface area contributed by atoms with Crippen LogP contribution < -0.4 is 0 Å². The zero-order chi connectivity index (χ0) is 32.7. The van der Waals surface area contributed by atoms with Crippen molar-refractivity contribution in [2.75, 3.05) is 0 Å². The predicted molar refractivity (Wildman–Crippen MR) is 197 cm³/mol. The Morgan fingerprint density at radius 3 is 1.51 bits per heavy atom. The van der Waals surface area contributed by atoms with Crippen LogP contribution in [0, 0.1) is 5.82 Å². The number of rotatable bonds is 5. The molecule has 0 saturated carbocycles. The normalized spacial score (nSPS) is 11.4. The first-order valence-corrected chi connectivity index (χ1v) is 16.2. The van der Waals surface area contributed by atoms with Crippen LogP contribution in [0.3, 0.4) is 0 Å². The molecular formula is C44H27FN4. The highest BCUT2D eigenvalue weighted by Crippen LogP contribution is 2.38. The van der Waals surface area contributed by atoms with E-state index in [1.807, 2.05) is 60.7 Å². The molecule has 0 N–H and O–H groups in total. The minimum absolute atomic E-state index is 0.269. The molecule has 2 aromatic heterocycles. The smallest absolute Gasteiger partial charge is 0.164 e. The molecule has 0 saturated heterocycles. The Labute approximate surface area is 282 Å². The molecule has 7 aromatic carbocycles. The SMILES string of the molecule is Fc1ccc(-c2nc3cc(-c4ccc(-c5nc(-c6ccccc6)nc(-c6ccccc6)n5)cc4)ccc3c3c2ccc2ccccc23)cc1. The van der Waals surface area contributed by atoms with Gasteiger partial charge in [-0.3, -0.25) is 0 Å². The Hall–Kier alpha value is -6.59. The van der Waals surface area contributed by atoms with E-state index < -0.39 is 0 Å². The maximum absolute atomic E-state index is 13.9. The number of nitrogens with zero attached hydrogens (tertiary/aromatic N) is 4. The van der Waals surface area contributed by atoms with Crippen LogP contribution in [-0.4, -0.2) is 19.9 Å². The molecule has 0 aliphatic heterocycles. The average Bonchev–Trinajstić information content (AvgIpc) is 3.18. The fraction of sp³-hybridized carbons (Fsp3) is 0. The summed E-state index contributed by atoms with van der Waals surface area (Å²) in [6.07, 6.45) is 0. The summed E-state index contributed by atoms with van der Waals surface area (Å²) in [4.78, 5) is 19.8.